The van der Waals surface area contributed by atoms with Crippen LogP contribution in [0.4, 0.5) is 0 Å². The van der Waals surface area contributed by atoms with E-state index in [2.05, 4.69) is 0 Å². The molecule has 0 N–H and O–H groups in total. The highest BCUT2D eigenvalue weighted by Gasteiger charge is 2.26. The molecule has 5 rings (SSSR count). The van der Waals surface area contributed by atoms with Gasteiger partial charge in [0.05, 0.1) is 20.9 Å². The van der Waals surface area contributed by atoms with Gasteiger partial charge in [-0.1, -0.05) is 60.7 Å². The van der Waals surface area contributed by atoms with Crippen LogP contribution in [-0.2, 0) is 0 Å². The molecule has 0 aliphatic rings. The molecule has 3 aromatic heterocycles. The van der Waals surface area contributed by atoms with E-state index >= 15 is 0 Å². The van der Waals surface area contributed by atoms with Crippen molar-refractivity contribution < 1.29 is 0 Å². The van der Waals surface area contributed by atoms with Crippen molar-refractivity contribution >= 4 is 45.2 Å². The van der Waals surface area contributed by atoms with Gasteiger partial charge in [-0.3, -0.25) is 0 Å². The number of nitriles is 6. The third-order valence-electron chi connectivity index (χ3n) is 6.36. The van der Waals surface area contributed by atoms with Crippen LogP contribution in [0.3, 0.4) is 0 Å². The molecule has 43 heavy (non-hydrogen) atoms. The SMILES string of the molecule is N#CC(C#N)=C(C#N)c1ccc(-c2sc(-c3ccc(C(C#N)=C(C#N)C#N)s3)c(-c3ccccc3)c2-c2ccccc2)s1. The van der Waals surface area contributed by atoms with E-state index in [9.17, 15) is 31.6 Å². The van der Waals surface area contributed by atoms with E-state index in [4.69, 9.17) is 0 Å². The fraction of sp³-hybridized carbons (Fsp3) is 0. The molecule has 0 unspecified atom stereocenters. The molecule has 0 fully saturated rings. The summed E-state index contributed by atoms with van der Waals surface area (Å²) < 4.78 is 0. The lowest BCUT2D eigenvalue weighted by Gasteiger charge is -2.09. The molecule has 0 bridgehead atoms. The monoisotopic (exact) mass is 602 g/mol. The predicted molar refractivity (Wildman–Crippen MR) is 169 cm³/mol. The third-order valence-corrected chi connectivity index (χ3v) is 10.1. The van der Waals surface area contributed by atoms with Gasteiger partial charge < -0.3 is 0 Å². The topological polar surface area (TPSA) is 143 Å². The zero-order valence-electron chi connectivity index (χ0n) is 22.0. The van der Waals surface area contributed by atoms with Gasteiger partial charge in [-0.2, -0.15) is 31.6 Å². The van der Waals surface area contributed by atoms with Crippen molar-refractivity contribution in [2.75, 3.05) is 0 Å². The lowest BCUT2D eigenvalue weighted by molar-refractivity contribution is 1.46. The van der Waals surface area contributed by atoms with Crippen molar-refractivity contribution in [2.24, 2.45) is 0 Å². The van der Waals surface area contributed by atoms with Crippen molar-refractivity contribution in [3.63, 3.8) is 0 Å². The van der Waals surface area contributed by atoms with Crippen LogP contribution in [0.25, 0.3) is 52.9 Å². The molecule has 6 nitrogen and oxygen atoms in total. The maximum atomic E-state index is 9.75. The van der Waals surface area contributed by atoms with E-state index in [0.717, 1.165) is 41.8 Å². The molecular weight excluding hydrogens is 589 g/mol. The lowest BCUT2D eigenvalue weighted by Crippen LogP contribution is -1.84. The quantitative estimate of drug-likeness (QED) is 0.177. The number of thiophene rings is 3. The highest BCUT2D eigenvalue weighted by atomic mass is 32.1. The number of hydrogen-bond donors (Lipinski definition) is 0. The molecule has 5 aromatic rings. The van der Waals surface area contributed by atoms with Gasteiger partial charge in [-0.15, -0.1) is 34.0 Å². The molecular formula is C34H14N6S3. The first-order valence-corrected chi connectivity index (χ1v) is 14.9. The Morgan fingerprint density at radius 3 is 1.12 bits per heavy atom. The highest BCUT2D eigenvalue weighted by Crippen LogP contribution is 2.54. The van der Waals surface area contributed by atoms with Gasteiger partial charge in [0, 0.05) is 30.6 Å². The Bertz CT molecular complexity index is 2000. The van der Waals surface area contributed by atoms with Crippen LogP contribution < -0.4 is 0 Å². The molecule has 0 spiro atoms. The standard InChI is InChI=1S/C34H14N6S3/c35-15-23(16-36)25(19-39)27-11-13-29(41-27)33-31(21-7-3-1-4-8-21)32(22-9-5-2-6-10-22)34(43-33)30-14-12-28(42-30)26(20-40)24(17-37)18-38/h1-14H. The maximum absolute atomic E-state index is 9.75. The molecule has 2 aromatic carbocycles. The summed E-state index contributed by atoms with van der Waals surface area (Å²) in [5, 5.41) is 57.1. The van der Waals surface area contributed by atoms with Crippen molar-refractivity contribution in [2.45, 2.75) is 0 Å². The molecule has 0 amide bonds. The van der Waals surface area contributed by atoms with Gasteiger partial charge in [-0.05, 0) is 35.4 Å². The Hall–Kier alpha value is -6.04. The van der Waals surface area contributed by atoms with Crippen molar-refractivity contribution in [1.82, 2.24) is 0 Å². The lowest BCUT2D eigenvalue weighted by atomic mass is 9.94. The molecule has 0 atom stereocenters. The van der Waals surface area contributed by atoms with Crippen LogP contribution in [0.5, 0.6) is 0 Å². The second kappa shape index (κ2) is 12.6. The van der Waals surface area contributed by atoms with E-state index in [-0.39, 0.29) is 22.3 Å². The molecule has 9 heteroatoms. The van der Waals surface area contributed by atoms with Gasteiger partial charge in [0.25, 0.3) is 0 Å². The van der Waals surface area contributed by atoms with E-state index < -0.39 is 0 Å². The summed E-state index contributed by atoms with van der Waals surface area (Å²) in [6.45, 7) is 0. The molecule has 0 saturated carbocycles. The summed E-state index contributed by atoms with van der Waals surface area (Å²) in [5.74, 6) is 0. The zero-order valence-corrected chi connectivity index (χ0v) is 24.4. The average molecular weight is 603 g/mol. The Labute approximate surface area is 259 Å². The summed E-state index contributed by atoms with van der Waals surface area (Å²) in [4.78, 5) is 4.63. The highest BCUT2D eigenvalue weighted by molar-refractivity contribution is 7.28. The van der Waals surface area contributed by atoms with Crippen LogP contribution in [0.1, 0.15) is 9.75 Å². The first-order chi connectivity index (χ1) is 21.1. The first-order valence-electron chi connectivity index (χ1n) is 12.5. The van der Waals surface area contributed by atoms with Crippen LogP contribution in [0, 0.1) is 68.0 Å². The van der Waals surface area contributed by atoms with Crippen LogP contribution in [-0.4, -0.2) is 0 Å². The number of rotatable bonds is 6. The van der Waals surface area contributed by atoms with Gasteiger partial charge >= 0.3 is 0 Å². The number of benzene rings is 2. The molecule has 0 aliphatic carbocycles. The summed E-state index contributed by atoms with van der Waals surface area (Å²) in [6.07, 6.45) is 0. The summed E-state index contributed by atoms with van der Waals surface area (Å²) in [7, 11) is 0. The van der Waals surface area contributed by atoms with Crippen LogP contribution >= 0.6 is 34.0 Å². The minimum Gasteiger partial charge on any atom is -0.192 e. The van der Waals surface area contributed by atoms with Crippen molar-refractivity contribution in [3.8, 4) is 78.2 Å². The summed E-state index contributed by atoms with van der Waals surface area (Å²) in [6, 6.07) is 38.4. The smallest absolute Gasteiger partial charge is 0.148 e. The summed E-state index contributed by atoms with van der Waals surface area (Å²) >= 11 is 4.21. The Balaban J connectivity index is 1.83. The fourth-order valence-corrected chi connectivity index (χ4v) is 8.06. The fourth-order valence-electron chi connectivity index (χ4n) is 4.47. The van der Waals surface area contributed by atoms with Crippen molar-refractivity contribution in [1.29, 1.82) is 31.6 Å². The average Bonchev–Trinajstić information content (AvgIpc) is 3.82. The van der Waals surface area contributed by atoms with Crippen LogP contribution in [0.15, 0.2) is 96.1 Å². The number of allylic oxidation sites excluding steroid dienone is 4. The van der Waals surface area contributed by atoms with Crippen molar-refractivity contribution in [3.05, 3.63) is 106 Å². The normalized spacial score (nSPS) is 9.72. The second-order valence-corrected chi connectivity index (χ2v) is 11.9. The maximum Gasteiger partial charge on any atom is 0.148 e. The number of nitrogens with zero attached hydrogens (tertiary/aromatic N) is 6. The van der Waals surface area contributed by atoms with Gasteiger partial charge in [0.15, 0.2) is 0 Å². The first kappa shape index (κ1) is 28.5. The zero-order chi connectivity index (χ0) is 30.3. The Morgan fingerprint density at radius 1 is 0.419 bits per heavy atom. The minimum absolute atomic E-state index is 0.0343. The van der Waals surface area contributed by atoms with Gasteiger partial charge in [0.1, 0.15) is 47.6 Å². The molecule has 0 saturated heterocycles. The molecule has 0 aliphatic heterocycles. The second-order valence-electron chi connectivity index (χ2n) is 8.74. The third kappa shape index (κ3) is 5.36. The largest absolute Gasteiger partial charge is 0.192 e. The Morgan fingerprint density at radius 2 is 0.791 bits per heavy atom. The summed E-state index contributed by atoms with van der Waals surface area (Å²) in [5.41, 5.74) is 3.50. The molecule has 198 valence electrons. The van der Waals surface area contributed by atoms with Crippen LogP contribution in [0.2, 0.25) is 0 Å². The van der Waals surface area contributed by atoms with Gasteiger partial charge in [0.2, 0.25) is 0 Å². The van der Waals surface area contributed by atoms with Gasteiger partial charge in [-0.25, -0.2) is 0 Å². The number of hydrogen-bond acceptors (Lipinski definition) is 9. The van der Waals surface area contributed by atoms with E-state index in [1.54, 1.807) is 23.5 Å². The van der Waals surface area contributed by atoms with E-state index in [0.29, 0.717) is 9.75 Å². The molecule has 3 heterocycles. The van der Waals surface area contributed by atoms with E-state index in [1.807, 2.05) is 109 Å². The minimum atomic E-state index is -0.238. The molecule has 0 radical (unpaired) electrons. The Kier molecular flexibility index (Phi) is 8.38. The van der Waals surface area contributed by atoms with E-state index in [1.165, 1.54) is 22.7 Å². The predicted octanol–water partition coefficient (Wildman–Crippen LogP) is 9.19.